The Kier molecular flexibility index (Phi) is 4.66. The van der Waals surface area contributed by atoms with Gasteiger partial charge in [-0.05, 0) is 24.6 Å². The third-order valence-corrected chi connectivity index (χ3v) is 5.75. The zero-order chi connectivity index (χ0) is 14.9. The molecule has 2 rings (SSSR count). The van der Waals surface area contributed by atoms with Gasteiger partial charge >= 0.3 is 0 Å². The van der Waals surface area contributed by atoms with Crippen LogP contribution in [0, 0.1) is 5.82 Å². The SMILES string of the molecule is CO[C@H]1C[C@@H](CO)N(S(=O)(=O)c2ccc(F)cc2Cl)C1. The molecule has 1 aromatic carbocycles. The van der Waals surface area contributed by atoms with Crippen molar-refractivity contribution >= 4 is 21.6 Å². The van der Waals surface area contributed by atoms with Crippen molar-refractivity contribution in [3.63, 3.8) is 0 Å². The molecule has 0 radical (unpaired) electrons. The van der Waals surface area contributed by atoms with Crippen LogP contribution in [-0.2, 0) is 14.8 Å². The van der Waals surface area contributed by atoms with Crippen molar-refractivity contribution in [2.75, 3.05) is 20.3 Å². The quantitative estimate of drug-likeness (QED) is 0.905. The third kappa shape index (κ3) is 2.82. The Morgan fingerprint density at radius 1 is 1.55 bits per heavy atom. The van der Waals surface area contributed by atoms with Gasteiger partial charge in [-0.15, -0.1) is 0 Å². The number of hydrogen-bond donors (Lipinski definition) is 1. The molecule has 0 amide bonds. The maximum atomic E-state index is 13.0. The average molecular weight is 324 g/mol. The fourth-order valence-corrected chi connectivity index (χ4v) is 4.45. The number of rotatable bonds is 4. The smallest absolute Gasteiger partial charge is 0.244 e. The molecule has 0 saturated carbocycles. The first-order chi connectivity index (χ1) is 9.40. The summed E-state index contributed by atoms with van der Waals surface area (Å²) in [4.78, 5) is -0.171. The van der Waals surface area contributed by atoms with Gasteiger partial charge in [0.2, 0.25) is 10.0 Å². The molecular formula is C12H15ClFNO4S. The summed E-state index contributed by atoms with van der Waals surface area (Å²) in [6, 6.07) is 2.55. The van der Waals surface area contributed by atoms with Crippen LogP contribution in [0.5, 0.6) is 0 Å². The molecule has 1 fully saturated rings. The standard InChI is InChI=1S/C12H15ClFNO4S/c1-19-10-5-9(7-16)15(6-10)20(17,18)12-3-2-8(14)4-11(12)13/h2-4,9-10,16H,5-7H2,1H3/t9-,10-/m0/s1. The van der Waals surface area contributed by atoms with Crippen molar-refractivity contribution in [3.8, 4) is 0 Å². The number of methoxy groups -OCH3 is 1. The van der Waals surface area contributed by atoms with Gasteiger partial charge in [-0.2, -0.15) is 4.31 Å². The molecule has 0 bridgehead atoms. The Morgan fingerprint density at radius 3 is 2.80 bits per heavy atom. The summed E-state index contributed by atoms with van der Waals surface area (Å²) >= 11 is 5.81. The molecule has 0 aromatic heterocycles. The van der Waals surface area contributed by atoms with Crippen LogP contribution in [0.4, 0.5) is 4.39 Å². The molecule has 8 heteroatoms. The van der Waals surface area contributed by atoms with Crippen LogP contribution in [0.25, 0.3) is 0 Å². The van der Waals surface area contributed by atoms with E-state index in [-0.39, 0.29) is 29.2 Å². The summed E-state index contributed by atoms with van der Waals surface area (Å²) < 4.78 is 44.4. The van der Waals surface area contributed by atoms with Gasteiger partial charge in [0.05, 0.1) is 23.8 Å². The minimum atomic E-state index is -3.90. The normalized spacial score (nSPS) is 24.2. The molecule has 112 valence electrons. The van der Waals surface area contributed by atoms with Gasteiger partial charge in [0.25, 0.3) is 0 Å². The van der Waals surface area contributed by atoms with E-state index in [9.17, 15) is 17.9 Å². The highest BCUT2D eigenvalue weighted by atomic mass is 35.5. The van der Waals surface area contributed by atoms with Crippen LogP contribution in [0.1, 0.15) is 6.42 Å². The van der Waals surface area contributed by atoms with Crippen molar-refractivity contribution in [3.05, 3.63) is 29.0 Å². The molecule has 0 unspecified atom stereocenters. The predicted molar refractivity (Wildman–Crippen MR) is 71.6 cm³/mol. The first-order valence-corrected chi connectivity index (χ1v) is 7.82. The Labute approximate surface area is 122 Å². The molecule has 20 heavy (non-hydrogen) atoms. The second kappa shape index (κ2) is 5.95. The second-order valence-electron chi connectivity index (χ2n) is 4.58. The topological polar surface area (TPSA) is 66.8 Å². The summed E-state index contributed by atoms with van der Waals surface area (Å²) in [6.07, 6.45) is 0.131. The molecule has 1 aliphatic rings. The zero-order valence-electron chi connectivity index (χ0n) is 10.8. The molecule has 5 nitrogen and oxygen atoms in total. The van der Waals surface area contributed by atoms with Crippen molar-refractivity contribution in [2.24, 2.45) is 0 Å². The van der Waals surface area contributed by atoms with Crippen molar-refractivity contribution in [2.45, 2.75) is 23.5 Å². The third-order valence-electron chi connectivity index (χ3n) is 3.35. The van der Waals surface area contributed by atoms with Crippen LogP contribution in [0.2, 0.25) is 5.02 Å². The Balaban J connectivity index is 2.39. The largest absolute Gasteiger partial charge is 0.395 e. The number of aliphatic hydroxyl groups is 1. The van der Waals surface area contributed by atoms with Crippen LogP contribution >= 0.6 is 11.6 Å². The lowest BCUT2D eigenvalue weighted by Crippen LogP contribution is -2.38. The van der Waals surface area contributed by atoms with Crippen LogP contribution < -0.4 is 0 Å². The van der Waals surface area contributed by atoms with E-state index in [0.717, 1.165) is 22.5 Å². The fraction of sp³-hybridized carbons (Fsp3) is 0.500. The van der Waals surface area contributed by atoms with E-state index in [1.165, 1.54) is 7.11 Å². The van der Waals surface area contributed by atoms with Crippen molar-refractivity contribution in [1.29, 1.82) is 0 Å². The van der Waals surface area contributed by atoms with Gasteiger partial charge in [-0.25, -0.2) is 12.8 Å². The molecule has 1 heterocycles. The zero-order valence-corrected chi connectivity index (χ0v) is 12.4. The number of nitrogens with zero attached hydrogens (tertiary/aromatic N) is 1. The van der Waals surface area contributed by atoms with E-state index < -0.39 is 21.9 Å². The highest BCUT2D eigenvalue weighted by Gasteiger charge is 2.40. The highest BCUT2D eigenvalue weighted by molar-refractivity contribution is 7.89. The van der Waals surface area contributed by atoms with E-state index in [1.54, 1.807) is 0 Å². The molecule has 1 aliphatic heterocycles. The Hall–Kier alpha value is -0.730. The van der Waals surface area contributed by atoms with Crippen LogP contribution in [0.3, 0.4) is 0 Å². The maximum Gasteiger partial charge on any atom is 0.244 e. The lowest BCUT2D eigenvalue weighted by Gasteiger charge is -2.22. The maximum absolute atomic E-state index is 13.0. The summed E-state index contributed by atoms with van der Waals surface area (Å²) in [6.45, 7) is -0.171. The average Bonchev–Trinajstić information content (AvgIpc) is 2.82. The summed E-state index contributed by atoms with van der Waals surface area (Å²) in [5.41, 5.74) is 0. The summed E-state index contributed by atoms with van der Waals surface area (Å²) in [5, 5.41) is 9.14. The number of ether oxygens (including phenoxy) is 1. The predicted octanol–water partition coefficient (Wildman–Crippen LogP) is 1.25. The molecule has 2 atom stereocenters. The lowest BCUT2D eigenvalue weighted by atomic mass is 10.2. The first kappa shape index (κ1) is 15.7. The van der Waals surface area contributed by atoms with Gasteiger partial charge in [-0.1, -0.05) is 11.6 Å². The van der Waals surface area contributed by atoms with Gasteiger partial charge in [0.15, 0.2) is 0 Å². The molecule has 1 N–H and O–H groups in total. The monoisotopic (exact) mass is 323 g/mol. The minimum Gasteiger partial charge on any atom is -0.395 e. The minimum absolute atomic E-state index is 0.137. The van der Waals surface area contributed by atoms with Crippen molar-refractivity contribution in [1.82, 2.24) is 4.31 Å². The van der Waals surface area contributed by atoms with Crippen LogP contribution in [0.15, 0.2) is 23.1 Å². The molecule has 0 aliphatic carbocycles. The number of hydrogen-bond acceptors (Lipinski definition) is 4. The molecule has 1 aromatic rings. The molecule has 1 saturated heterocycles. The summed E-state index contributed by atoms with van der Waals surface area (Å²) in [5.74, 6) is -0.608. The van der Waals surface area contributed by atoms with Gasteiger partial charge in [0.1, 0.15) is 10.7 Å². The van der Waals surface area contributed by atoms with Crippen molar-refractivity contribution < 1.29 is 22.7 Å². The fourth-order valence-electron chi connectivity index (χ4n) is 2.29. The summed E-state index contributed by atoms with van der Waals surface area (Å²) in [7, 11) is -2.41. The second-order valence-corrected chi connectivity index (χ2v) is 6.85. The molecule has 0 spiro atoms. The van der Waals surface area contributed by atoms with E-state index in [2.05, 4.69) is 0 Å². The molecular weight excluding hydrogens is 309 g/mol. The highest BCUT2D eigenvalue weighted by Crippen LogP contribution is 2.31. The van der Waals surface area contributed by atoms with E-state index in [4.69, 9.17) is 16.3 Å². The Morgan fingerprint density at radius 2 is 2.25 bits per heavy atom. The van der Waals surface area contributed by atoms with Gasteiger partial charge in [0, 0.05) is 13.7 Å². The van der Waals surface area contributed by atoms with Gasteiger partial charge in [-0.3, -0.25) is 0 Å². The van der Waals surface area contributed by atoms with Crippen LogP contribution in [-0.4, -0.2) is 50.2 Å². The number of aliphatic hydroxyl groups excluding tert-OH is 1. The number of benzene rings is 1. The van der Waals surface area contributed by atoms with E-state index in [0.29, 0.717) is 6.42 Å². The van der Waals surface area contributed by atoms with Gasteiger partial charge < -0.3 is 9.84 Å². The first-order valence-electron chi connectivity index (χ1n) is 6.00. The van der Waals surface area contributed by atoms with E-state index in [1.807, 2.05) is 0 Å². The number of sulfonamides is 1. The van der Waals surface area contributed by atoms with E-state index >= 15 is 0 Å². The number of halogens is 2. The lowest BCUT2D eigenvalue weighted by molar-refractivity contribution is 0.113. The Bertz CT molecular complexity index is 595.